The minimum Gasteiger partial charge on any atom is -0.378 e. The Bertz CT molecular complexity index is 1350. The summed E-state index contributed by atoms with van der Waals surface area (Å²) < 4.78 is 5.63. The SMILES string of the molecule is Cc1nccc(N2CCc3c(nc(-c4ccc(NC(=O)NCCCC(C)(C)C)cc4)nc3N3CCOCC3)C2C)n1. The third-order valence-electron chi connectivity index (χ3n) is 7.64. The van der Waals surface area contributed by atoms with Gasteiger partial charge in [0, 0.05) is 49.2 Å². The van der Waals surface area contributed by atoms with Gasteiger partial charge in [-0.1, -0.05) is 20.8 Å². The summed E-state index contributed by atoms with van der Waals surface area (Å²) in [5.41, 5.74) is 4.12. The van der Waals surface area contributed by atoms with Gasteiger partial charge in [0.15, 0.2) is 5.82 Å². The number of morpholine rings is 1. The van der Waals surface area contributed by atoms with E-state index < -0.39 is 0 Å². The normalized spacial score (nSPS) is 17.2. The van der Waals surface area contributed by atoms with E-state index in [0.717, 1.165) is 73.3 Å². The van der Waals surface area contributed by atoms with E-state index in [1.54, 1.807) is 0 Å². The number of carbonyl (C=O) groups is 1. The first kappa shape index (κ1) is 28.7. The summed E-state index contributed by atoms with van der Waals surface area (Å²) in [4.78, 5) is 36.2. The zero-order chi connectivity index (χ0) is 29.0. The van der Waals surface area contributed by atoms with Crippen LogP contribution in [0, 0.1) is 12.3 Å². The number of aromatic nitrogens is 4. The highest BCUT2D eigenvalue weighted by Crippen LogP contribution is 2.37. The molecule has 41 heavy (non-hydrogen) atoms. The molecular weight excluding hydrogens is 516 g/mol. The van der Waals surface area contributed by atoms with E-state index in [-0.39, 0.29) is 17.5 Å². The molecule has 1 saturated heterocycles. The highest BCUT2D eigenvalue weighted by atomic mass is 16.5. The Morgan fingerprint density at radius 1 is 1.05 bits per heavy atom. The highest BCUT2D eigenvalue weighted by Gasteiger charge is 2.31. The molecule has 218 valence electrons. The van der Waals surface area contributed by atoms with Crippen LogP contribution >= 0.6 is 0 Å². The molecule has 1 atom stereocenters. The van der Waals surface area contributed by atoms with E-state index in [9.17, 15) is 4.79 Å². The van der Waals surface area contributed by atoms with Crippen molar-refractivity contribution >= 4 is 23.4 Å². The second kappa shape index (κ2) is 12.4. The van der Waals surface area contributed by atoms with E-state index in [2.05, 4.69) is 58.1 Å². The molecular formula is C31H42N8O2. The lowest BCUT2D eigenvalue weighted by atomic mass is 9.91. The van der Waals surface area contributed by atoms with Crippen molar-refractivity contribution in [3.63, 3.8) is 0 Å². The number of hydrogen-bond acceptors (Lipinski definition) is 8. The topological polar surface area (TPSA) is 108 Å². The molecule has 3 aromatic rings. The lowest BCUT2D eigenvalue weighted by Crippen LogP contribution is -2.40. The molecule has 1 fully saturated rings. The van der Waals surface area contributed by atoms with Gasteiger partial charge in [-0.05, 0) is 68.9 Å². The van der Waals surface area contributed by atoms with Crippen LogP contribution < -0.4 is 20.4 Å². The molecule has 5 rings (SSSR count). The number of anilines is 3. The minimum absolute atomic E-state index is 0.0255. The summed E-state index contributed by atoms with van der Waals surface area (Å²) in [5.74, 6) is 3.34. The van der Waals surface area contributed by atoms with Crippen molar-refractivity contribution in [1.29, 1.82) is 0 Å². The predicted molar refractivity (Wildman–Crippen MR) is 162 cm³/mol. The van der Waals surface area contributed by atoms with Gasteiger partial charge in [-0.15, -0.1) is 0 Å². The molecule has 10 heteroatoms. The summed E-state index contributed by atoms with van der Waals surface area (Å²) in [6.07, 6.45) is 4.66. The van der Waals surface area contributed by atoms with Crippen LogP contribution in [0.4, 0.5) is 22.1 Å². The van der Waals surface area contributed by atoms with Gasteiger partial charge in [0.05, 0.1) is 24.9 Å². The molecule has 2 N–H and O–H groups in total. The van der Waals surface area contributed by atoms with E-state index >= 15 is 0 Å². The van der Waals surface area contributed by atoms with Gasteiger partial charge in [-0.2, -0.15) is 0 Å². The summed E-state index contributed by atoms with van der Waals surface area (Å²) >= 11 is 0. The van der Waals surface area contributed by atoms with E-state index in [0.29, 0.717) is 25.6 Å². The summed E-state index contributed by atoms with van der Waals surface area (Å²) in [6, 6.07) is 9.54. The highest BCUT2D eigenvalue weighted by molar-refractivity contribution is 5.89. The lowest BCUT2D eigenvalue weighted by Gasteiger charge is -2.38. The molecule has 0 spiro atoms. The fourth-order valence-electron chi connectivity index (χ4n) is 5.43. The zero-order valence-electron chi connectivity index (χ0n) is 24.9. The second-order valence-electron chi connectivity index (χ2n) is 12.0. The van der Waals surface area contributed by atoms with Gasteiger partial charge < -0.3 is 25.2 Å². The number of nitrogens with zero attached hydrogens (tertiary/aromatic N) is 6. The number of rotatable bonds is 7. The van der Waals surface area contributed by atoms with Crippen molar-refractivity contribution in [2.75, 3.05) is 54.5 Å². The fourth-order valence-corrected chi connectivity index (χ4v) is 5.43. The monoisotopic (exact) mass is 558 g/mol. The molecule has 1 unspecified atom stereocenters. The molecule has 0 radical (unpaired) electrons. The molecule has 0 aliphatic carbocycles. The predicted octanol–water partition coefficient (Wildman–Crippen LogP) is 5.15. The van der Waals surface area contributed by atoms with E-state index in [4.69, 9.17) is 14.7 Å². The van der Waals surface area contributed by atoms with Gasteiger partial charge in [-0.3, -0.25) is 0 Å². The number of amides is 2. The maximum absolute atomic E-state index is 12.4. The second-order valence-corrected chi connectivity index (χ2v) is 12.0. The Morgan fingerprint density at radius 3 is 2.51 bits per heavy atom. The van der Waals surface area contributed by atoms with Gasteiger partial charge in [0.1, 0.15) is 17.5 Å². The maximum atomic E-state index is 12.4. The minimum atomic E-state index is -0.194. The van der Waals surface area contributed by atoms with Crippen LogP contribution in [-0.4, -0.2) is 65.4 Å². The third kappa shape index (κ3) is 7.11. The van der Waals surface area contributed by atoms with E-state index in [1.165, 1.54) is 5.56 Å². The van der Waals surface area contributed by atoms with Crippen LogP contribution in [0.1, 0.15) is 63.7 Å². The van der Waals surface area contributed by atoms with E-state index in [1.807, 2.05) is 43.5 Å². The van der Waals surface area contributed by atoms with Crippen LogP contribution in [0.3, 0.4) is 0 Å². The number of nitrogens with one attached hydrogen (secondary N) is 2. The largest absolute Gasteiger partial charge is 0.378 e. The van der Waals surface area contributed by atoms with Gasteiger partial charge in [0.25, 0.3) is 0 Å². The van der Waals surface area contributed by atoms with Crippen molar-refractivity contribution in [2.24, 2.45) is 5.41 Å². The first-order valence-electron chi connectivity index (χ1n) is 14.6. The Kier molecular flexibility index (Phi) is 8.68. The Hall–Kier alpha value is -3.79. The lowest BCUT2D eigenvalue weighted by molar-refractivity contribution is 0.122. The molecule has 4 heterocycles. The zero-order valence-corrected chi connectivity index (χ0v) is 24.9. The molecule has 0 saturated carbocycles. The summed E-state index contributed by atoms with van der Waals surface area (Å²) in [5, 5.41) is 5.88. The molecule has 2 aliphatic heterocycles. The number of ether oxygens (including phenoxy) is 1. The number of hydrogen-bond donors (Lipinski definition) is 2. The van der Waals surface area contributed by atoms with Gasteiger partial charge >= 0.3 is 6.03 Å². The van der Waals surface area contributed by atoms with Crippen LogP contribution in [0.25, 0.3) is 11.4 Å². The van der Waals surface area contributed by atoms with Crippen LogP contribution in [0.15, 0.2) is 36.5 Å². The number of aryl methyl sites for hydroxylation is 1. The molecule has 10 nitrogen and oxygen atoms in total. The number of fused-ring (bicyclic) bond motifs is 1. The fraction of sp³-hybridized carbons (Fsp3) is 0.516. The number of benzene rings is 1. The van der Waals surface area contributed by atoms with Crippen molar-refractivity contribution < 1.29 is 9.53 Å². The Balaban J connectivity index is 1.37. The number of carbonyl (C=O) groups excluding carboxylic acids is 1. The molecule has 2 amide bonds. The molecule has 2 aromatic heterocycles. The first-order chi connectivity index (χ1) is 19.7. The van der Waals surface area contributed by atoms with Gasteiger partial charge in [0.2, 0.25) is 0 Å². The molecule has 0 bridgehead atoms. The van der Waals surface area contributed by atoms with Crippen LogP contribution in [0.2, 0.25) is 0 Å². The smallest absolute Gasteiger partial charge is 0.319 e. The molecule has 1 aromatic carbocycles. The maximum Gasteiger partial charge on any atom is 0.319 e. The molecule has 2 aliphatic rings. The third-order valence-corrected chi connectivity index (χ3v) is 7.64. The first-order valence-corrected chi connectivity index (χ1v) is 14.6. The van der Waals surface area contributed by atoms with Crippen LogP contribution in [-0.2, 0) is 11.2 Å². The number of urea groups is 1. The van der Waals surface area contributed by atoms with Crippen molar-refractivity contribution in [3.05, 3.63) is 53.6 Å². The Labute approximate surface area is 243 Å². The summed E-state index contributed by atoms with van der Waals surface area (Å²) in [7, 11) is 0. The standard InChI is InChI=1S/C31H42N8O2/c1-21-27-25(12-16-39(21)26-11-15-32-22(2)34-26)29(38-17-19-41-20-18-38)37-28(36-27)23-7-9-24(10-8-23)35-30(40)33-14-6-13-31(3,4)5/h7-11,15,21H,6,12-14,16-20H2,1-5H3,(H2,33,35,40). The quantitative estimate of drug-likeness (QED) is 0.383. The summed E-state index contributed by atoms with van der Waals surface area (Å²) in [6.45, 7) is 15.2. The average molecular weight is 559 g/mol. The van der Waals surface area contributed by atoms with Crippen LogP contribution in [0.5, 0.6) is 0 Å². The van der Waals surface area contributed by atoms with Crippen molar-refractivity contribution in [2.45, 2.75) is 59.9 Å². The van der Waals surface area contributed by atoms with Crippen molar-refractivity contribution in [3.8, 4) is 11.4 Å². The van der Waals surface area contributed by atoms with Crippen molar-refractivity contribution in [1.82, 2.24) is 25.3 Å². The Morgan fingerprint density at radius 2 is 1.80 bits per heavy atom. The van der Waals surface area contributed by atoms with Gasteiger partial charge in [-0.25, -0.2) is 24.7 Å². The average Bonchev–Trinajstić information content (AvgIpc) is 2.95.